The van der Waals surface area contributed by atoms with Crippen molar-refractivity contribution in [3.8, 4) is 11.1 Å². The van der Waals surface area contributed by atoms with Crippen LogP contribution in [0.1, 0.15) is 42.7 Å². The zero-order chi connectivity index (χ0) is 24.4. The summed E-state index contributed by atoms with van der Waals surface area (Å²) in [6, 6.07) is 16.0. The van der Waals surface area contributed by atoms with Crippen LogP contribution in [-0.4, -0.2) is 66.4 Å². The molecule has 0 bridgehead atoms. The lowest BCUT2D eigenvalue weighted by atomic mass is 9.83. The molecule has 35 heavy (non-hydrogen) atoms. The summed E-state index contributed by atoms with van der Waals surface area (Å²) < 4.78 is 10.9. The van der Waals surface area contributed by atoms with Gasteiger partial charge >= 0.3 is 12.1 Å². The van der Waals surface area contributed by atoms with Crippen molar-refractivity contribution in [1.82, 2.24) is 10.2 Å². The number of nitrogens with zero attached hydrogens (tertiary/aromatic N) is 1. The van der Waals surface area contributed by atoms with Gasteiger partial charge < -0.3 is 24.8 Å². The second-order valence-corrected chi connectivity index (χ2v) is 9.45. The first-order valence-corrected chi connectivity index (χ1v) is 12.3. The standard InChI is InChI=1S/C27H30N2O6/c30-25(29-13-14-34-24(15-29)26(31)32)21-11-5-6-12-23(21)28-27(33)35-16-22-19-9-3-1-7-17(19)18-8-2-4-10-20(18)22/h1-4,7-10,21-24H,5-6,11-16H2,(H,28,33)(H,31,32)/t21-,23+,24?/m1/s1. The number of fused-ring (bicyclic) bond motifs is 3. The lowest BCUT2D eigenvalue weighted by Gasteiger charge is -2.37. The van der Waals surface area contributed by atoms with Crippen molar-refractivity contribution in [2.45, 2.75) is 43.7 Å². The van der Waals surface area contributed by atoms with Crippen LogP contribution in [0, 0.1) is 5.92 Å². The number of carboxylic acids is 1. The zero-order valence-electron chi connectivity index (χ0n) is 19.5. The number of aliphatic carboxylic acids is 1. The lowest BCUT2D eigenvalue weighted by Crippen LogP contribution is -2.54. The molecule has 8 heteroatoms. The smallest absolute Gasteiger partial charge is 0.407 e. The Morgan fingerprint density at radius 2 is 1.66 bits per heavy atom. The number of morpholine rings is 1. The molecule has 0 aromatic heterocycles. The molecule has 0 spiro atoms. The molecular weight excluding hydrogens is 448 g/mol. The molecule has 2 aliphatic carbocycles. The molecule has 0 radical (unpaired) electrons. The number of hydrogen-bond acceptors (Lipinski definition) is 5. The summed E-state index contributed by atoms with van der Waals surface area (Å²) in [6.45, 7) is 0.800. The monoisotopic (exact) mass is 478 g/mol. The van der Waals surface area contributed by atoms with Gasteiger partial charge in [0.2, 0.25) is 5.91 Å². The third-order valence-electron chi connectivity index (χ3n) is 7.38. The van der Waals surface area contributed by atoms with E-state index in [1.54, 1.807) is 4.90 Å². The van der Waals surface area contributed by atoms with Crippen LogP contribution in [0.25, 0.3) is 11.1 Å². The molecule has 1 unspecified atom stereocenters. The van der Waals surface area contributed by atoms with Crippen molar-refractivity contribution in [3.63, 3.8) is 0 Å². The maximum absolute atomic E-state index is 13.2. The van der Waals surface area contributed by atoms with Crippen molar-refractivity contribution in [3.05, 3.63) is 59.7 Å². The topological polar surface area (TPSA) is 105 Å². The second-order valence-electron chi connectivity index (χ2n) is 9.45. The average Bonchev–Trinajstić information content (AvgIpc) is 3.21. The first-order valence-electron chi connectivity index (χ1n) is 12.3. The molecule has 2 aromatic carbocycles. The molecule has 184 valence electrons. The van der Waals surface area contributed by atoms with E-state index in [9.17, 15) is 19.5 Å². The largest absolute Gasteiger partial charge is 0.479 e. The molecule has 2 aromatic rings. The fourth-order valence-corrected chi connectivity index (χ4v) is 5.62. The van der Waals surface area contributed by atoms with Gasteiger partial charge in [0.25, 0.3) is 0 Å². The Kier molecular flexibility index (Phi) is 6.72. The highest BCUT2D eigenvalue weighted by atomic mass is 16.5. The predicted molar refractivity (Wildman–Crippen MR) is 128 cm³/mol. The Morgan fingerprint density at radius 1 is 1.00 bits per heavy atom. The fourth-order valence-electron chi connectivity index (χ4n) is 5.62. The summed E-state index contributed by atoms with van der Waals surface area (Å²) in [5.41, 5.74) is 4.63. The van der Waals surface area contributed by atoms with E-state index in [-0.39, 0.29) is 37.6 Å². The Balaban J connectivity index is 1.22. The summed E-state index contributed by atoms with van der Waals surface area (Å²) >= 11 is 0. The molecular formula is C27H30N2O6. The van der Waals surface area contributed by atoms with E-state index in [2.05, 4.69) is 29.6 Å². The van der Waals surface area contributed by atoms with Gasteiger partial charge in [0.05, 0.1) is 19.1 Å². The van der Waals surface area contributed by atoms with Crippen molar-refractivity contribution < 1.29 is 29.0 Å². The molecule has 2 fully saturated rings. The maximum Gasteiger partial charge on any atom is 0.407 e. The Bertz CT molecular complexity index is 1070. The van der Waals surface area contributed by atoms with E-state index in [4.69, 9.17) is 9.47 Å². The van der Waals surface area contributed by atoms with E-state index < -0.39 is 24.1 Å². The molecule has 1 aliphatic heterocycles. The van der Waals surface area contributed by atoms with Crippen molar-refractivity contribution in [2.24, 2.45) is 5.92 Å². The van der Waals surface area contributed by atoms with E-state index in [0.717, 1.165) is 24.0 Å². The van der Waals surface area contributed by atoms with E-state index in [0.29, 0.717) is 19.4 Å². The van der Waals surface area contributed by atoms with Crippen LogP contribution in [0.4, 0.5) is 4.79 Å². The quantitative estimate of drug-likeness (QED) is 0.683. The highest BCUT2D eigenvalue weighted by Crippen LogP contribution is 2.44. The highest BCUT2D eigenvalue weighted by molar-refractivity contribution is 5.82. The molecule has 2 N–H and O–H groups in total. The van der Waals surface area contributed by atoms with E-state index in [1.165, 1.54) is 11.1 Å². The summed E-state index contributed by atoms with van der Waals surface area (Å²) in [5, 5.41) is 12.2. The van der Waals surface area contributed by atoms with Gasteiger partial charge in [0.15, 0.2) is 6.10 Å². The van der Waals surface area contributed by atoms with Gasteiger partial charge in [-0.05, 0) is 35.1 Å². The predicted octanol–water partition coefficient (Wildman–Crippen LogP) is 3.40. The van der Waals surface area contributed by atoms with Gasteiger partial charge in [0, 0.05) is 18.5 Å². The van der Waals surface area contributed by atoms with Crippen LogP contribution >= 0.6 is 0 Å². The second kappa shape index (κ2) is 10.1. The van der Waals surface area contributed by atoms with Gasteiger partial charge in [-0.25, -0.2) is 9.59 Å². The summed E-state index contributed by atoms with van der Waals surface area (Å²) in [7, 11) is 0. The minimum absolute atomic E-state index is 0.0294. The van der Waals surface area contributed by atoms with E-state index >= 15 is 0 Å². The molecule has 2 amide bonds. The van der Waals surface area contributed by atoms with Gasteiger partial charge in [-0.1, -0.05) is 61.4 Å². The lowest BCUT2D eigenvalue weighted by molar-refractivity contribution is -0.161. The number of alkyl carbamates (subject to hydrolysis) is 1. The number of nitrogens with one attached hydrogen (secondary N) is 1. The molecule has 1 heterocycles. The fraction of sp³-hybridized carbons (Fsp3) is 0.444. The maximum atomic E-state index is 13.2. The Labute approximate surface area is 204 Å². The van der Waals surface area contributed by atoms with E-state index in [1.807, 2.05) is 24.3 Å². The summed E-state index contributed by atoms with van der Waals surface area (Å²) in [4.78, 5) is 38.9. The minimum Gasteiger partial charge on any atom is -0.479 e. The molecule has 1 saturated heterocycles. The normalized spacial score (nSPS) is 23.8. The third-order valence-corrected chi connectivity index (χ3v) is 7.38. The van der Waals surface area contributed by atoms with Gasteiger partial charge in [-0.3, -0.25) is 4.79 Å². The molecule has 8 nitrogen and oxygen atoms in total. The molecule has 5 rings (SSSR count). The number of amides is 2. The van der Waals surface area contributed by atoms with Gasteiger partial charge in [-0.15, -0.1) is 0 Å². The third kappa shape index (κ3) is 4.75. The SMILES string of the molecule is O=C(N[C@H]1CCCC[C@H]1C(=O)N1CCOC(C(=O)O)C1)OCC1c2ccccc2-c2ccccc21. The number of carboxylic acid groups (broad SMARTS) is 1. The first kappa shape index (κ1) is 23.4. The summed E-state index contributed by atoms with van der Waals surface area (Å²) in [6.07, 6.45) is 1.62. The molecule has 3 atom stereocenters. The average molecular weight is 479 g/mol. The summed E-state index contributed by atoms with van der Waals surface area (Å²) in [5.74, 6) is -1.61. The van der Waals surface area contributed by atoms with Gasteiger partial charge in [0.1, 0.15) is 6.61 Å². The van der Waals surface area contributed by atoms with Crippen LogP contribution in [0.3, 0.4) is 0 Å². The molecule has 1 saturated carbocycles. The molecule has 3 aliphatic rings. The van der Waals surface area contributed by atoms with Crippen molar-refractivity contribution in [2.75, 3.05) is 26.3 Å². The minimum atomic E-state index is -1.07. The first-order chi connectivity index (χ1) is 17.0. The number of benzene rings is 2. The van der Waals surface area contributed by atoms with Crippen LogP contribution in [0.15, 0.2) is 48.5 Å². The van der Waals surface area contributed by atoms with Gasteiger partial charge in [-0.2, -0.15) is 0 Å². The highest BCUT2D eigenvalue weighted by Gasteiger charge is 2.38. The van der Waals surface area contributed by atoms with Crippen molar-refractivity contribution >= 4 is 18.0 Å². The number of carbonyl (C=O) groups excluding carboxylic acids is 2. The number of ether oxygens (including phenoxy) is 2. The Hall–Kier alpha value is -3.39. The van der Waals surface area contributed by atoms with Crippen molar-refractivity contribution in [1.29, 1.82) is 0 Å². The zero-order valence-corrected chi connectivity index (χ0v) is 19.5. The number of carbonyl (C=O) groups is 3. The van der Waals surface area contributed by atoms with Crippen LogP contribution in [-0.2, 0) is 19.1 Å². The van der Waals surface area contributed by atoms with Crippen LogP contribution in [0.5, 0.6) is 0 Å². The number of hydrogen-bond donors (Lipinski definition) is 2. The van der Waals surface area contributed by atoms with Crippen LogP contribution in [0.2, 0.25) is 0 Å². The van der Waals surface area contributed by atoms with Crippen LogP contribution < -0.4 is 5.32 Å². The Morgan fingerprint density at radius 3 is 2.34 bits per heavy atom. The number of rotatable bonds is 5.